The summed E-state index contributed by atoms with van der Waals surface area (Å²) in [5.74, 6) is 0. The number of allylic oxidation sites excluding steroid dienone is 1. The van der Waals surface area contributed by atoms with Crippen LogP contribution in [0.15, 0.2) is 90.4 Å². The zero-order chi connectivity index (χ0) is 20.8. The van der Waals surface area contributed by atoms with Gasteiger partial charge in [-0.05, 0) is 35.2 Å². The Morgan fingerprint density at radius 3 is 2.27 bits per heavy atom. The first-order chi connectivity index (χ1) is 14.8. The van der Waals surface area contributed by atoms with Crippen molar-refractivity contribution >= 4 is 22.6 Å². The zero-order valence-corrected chi connectivity index (χ0v) is 17.5. The molecule has 0 radical (unpaired) electrons. The topological polar surface area (TPSA) is 48.7 Å². The molecular formula is C26H21N3S. The molecule has 0 unspecified atom stereocenters. The normalized spacial score (nSPS) is 11.1. The van der Waals surface area contributed by atoms with E-state index in [4.69, 9.17) is 0 Å². The molecule has 4 aromatic rings. The number of thiazole rings is 1. The van der Waals surface area contributed by atoms with Gasteiger partial charge in [0, 0.05) is 22.8 Å². The van der Waals surface area contributed by atoms with Crippen molar-refractivity contribution in [2.75, 3.05) is 5.32 Å². The molecule has 0 bridgehead atoms. The molecule has 1 heterocycles. The Hall–Kier alpha value is -3.68. The van der Waals surface area contributed by atoms with Gasteiger partial charge in [-0.3, -0.25) is 0 Å². The molecule has 30 heavy (non-hydrogen) atoms. The number of nitrogens with one attached hydrogen (secondary N) is 1. The molecule has 0 fully saturated rings. The molecule has 4 heteroatoms. The van der Waals surface area contributed by atoms with Crippen LogP contribution in [0, 0.1) is 11.3 Å². The van der Waals surface area contributed by atoms with Crippen molar-refractivity contribution in [3.8, 4) is 28.5 Å². The third-order valence-electron chi connectivity index (χ3n) is 4.89. The number of hydrogen-bond acceptors (Lipinski definition) is 4. The average molecular weight is 408 g/mol. The van der Waals surface area contributed by atoms with E-state index < -0.39 is 0 Å². The second kappa shape index (κ2) is 9.21. The molecular weight excluding hydrogens is 386 g/mol. The lowest BCUT2D eigenvalue weighted by molar-refractivity contribution is 1.14. The second-order valence-corrected chi connectivity index (χ2v) is 7.70. The van der Waals surface area contributed by atoms with Crippen molar-refractivity contribution in [1.29, 1.82) is 5.26 Å². The number of benzene rings is 3. The molecule has 0 spiro atoms. The number of anilines is 1. The van der Waals surface area contributed by atoms with Crippen LogP contribution >= 0.6 is 11.3 Å². The van der Waals surface area contributed by atoms with Crippen LogP contribution in [-0.4, -0.2) is 4.98 Å². The molecule has 0 saturated heterocycles. The van der Waals surface area contributed by atoms with Crippen molar-refractivity contribution in [3.05, 3.63) is 101 Å². The van der Waals surface area contributed by atoms with Crippen LogP contribution < -0.4 is 5.32 Å². The molecule has 1 aromatic heterocycles. The zero-order valence-electron chi connectivity index (χ0n) is 16.7. The lowest BCUT2D eigenvalue weighted by Crippen LogP contribution is -1.91. The van der Waals surface area contributed by atoms with Crippen LogP contribution in [0.2, 0.25) is 0 Å². The summed E-state index contributed by atoms with van der Waals surface area (Å²) < 4.78 is 0. The number of aromatic nitrogens is 1. The third kappa shape index (κ3) is 4.48. The summed E-state index contributed by atoms with van der Waals surface area (Å²) in [6.07, 6.45) is 2.73. The number of nitrogens with zero attached hydrogens (tertiary/aromatic N) is 2. The summed E-state index contributed by atoms with van der Waals surface area (Å²) in [6.45, 7) is 2.13. The number of hydrogen-bond donors (Lipinski definition) is 1. The summed E-state index contributed by atoms with van der Waals surface area (Å²) in [7, 11) is 0. The molecule has 4 rings (SSSR count). The predicted molar refractivity (Wildman–Crippen MR) is 126 cm³/mol. The van der Waals surface area contributed by atoms with Gasteiger partial charge >= 0.3 is 0 Å². The van der Waals surface area contributed by atoms with E-state index in [0.717, 1.165) is 23.4 Å². The first-order valence-corrected chi connectivity index (χ1v) is 10.7. The van der Waals surface area contributed by atoms with E-state index in [9.17, 15) is 5.26 Å². The molecule has 0 amide bonds. The first kappa shape index (κ1) is 19.6. The molecule has 0 aliphatic carbocycles. The van der Waals surface area contributed by atoms with E-state index in [2.05, 4.69) is 71.8 Å². The molecule has 3 nitrogen and oxygen atoms in total. The van der Waals surface area contributed by atoms with Gasteiger partial charge in [0.05, 0.1) is 5.69 Å². The van der Waals surface area contributed by atoms with E-state index >= 15 is 0 Å². The second-order valence-electron chi connectivity index (χ2n) is 6.85. The van der Waals surface area contributed by atoms with E-state index in [1.54, 1.807) is 6.20 Å². The highest BCUT2D eigenvalue weighted by molar-refractivity contribution is 7.11. The Balaban J connectivity index is 1.51. The molecule has 0 aliphatic heterocycles. The fourth-order valence-electron chi connectivity index (χ4n) is 3.13. The largest absolute Gasteiger partial charge is 0.360 e. The lowest BCUT2D eigenvalue weighted by atomic mass is 10.0. The maximum Gasteiger partial charge on any atom is 0.136 e. The van der Waals surface area contributed by atoms with Gasteiger partial charge in [0.15, 0.2) is 0 Å². The van der Waals surface area contributed by atoms with Crippen LogP contribution in [0.3, 0.4) is 0 Å². The summed E-state index contributed by atoms with van der Waals surface area (Å²) in [5.41, 5.74) is 7.04. The van der Waals surface area contributed by atoms with Gasteiger partial charge in [0.25, 0.3) is 0 Å². The van der Waals surface area contributed by atoms with Gasteiger partial charge in [0.1, 0.15) is 16.6 Å². The van der Waals surface area contributed by atoms with Crippen LogP contribution in [0.5, 0.6) is 0 Å². The summed E-state index contributed by atoms with van der Waals surface area (Å²) in [5, 5.41) is 15.5. The van der Waals surface area contributed by atoms with Crippen LogP contribution in [0.1, 0.15) is 17.5 Å². The molecule has 1 N–H and O–H groups in total. The Morgan fingerprint density at radius 2 is 1.60 bits per heavy atom. The van der Waals surface area contributed by atoms with E-state index in [-0.39, 0.29) is 0 Å². The highest BCUT2D eigenvalue weighted by atomic mass is 32.1. The third-order valence-corrected chi connectivity index (χ3v) is 5.76. The first-order valence-electron chi connectivity index (χ1n) is 9.84. The van der Waals surface area contributed by atoms with Gasteiger partial charge in [-0.1, -0.05) is 73.7 Å². The van der Waals surface area contributed by atoms with Crippen molar-refractivity contribution < 1.29 is 0 Å². The van der Waals surface area contributed by atoms with E-state index in [1.165, 1.54) is 28.0 Å². The standard InChI is InChI=1S/C26H21N3S/c1-2-19-8-14-24(15-9-19)28-17-23(16-27)26-29-25(18-30-26)22-12-10-21(11-13-22)20-6-4-3-5-7-20/h3-15,17-18,28H,2H2,1H3/b23-17-. The number of aryl methyl sites for hydroxylation is 1. The minimum atomic E-state index is 0.520. The molecule has 0 saturated carbocycles. The lowest BCUT2D eigenvalue weighted by Gasteiger charge is -2.03. The van der Waals surface area contributed by atoms with Gasteiger partial charge in [0.2, 0.25) is 0 Å². The molecule has 0 aliphatic rings. The number of rotatable bonds is 6. The van der Waals surface area contributed by atoms with Crippen LogP contribution in [-0.2, 0) is 6.42 Å². The molecule has 3 aromatic carbocycles. The van der Waals surface area contributed by atoms with Crippen LogP contribution in [0.25, 0.3) is 28.0 Å². The SMILES string of the molecule is CCc1ccc(N/C=C(/C#N)c2nc(-c3ccc(-c4ccccc4)cc3)cs2)cc1. The molecule has 146 valence electrons. The van der Waals surface area contributed by atoms with Gasteiger partial charge < -0.3 is 5.32 Å². The minimum Gasteiger partial charge on any atom is -0.360 e. The van der Waals surface area contributed by atoms with Crippen LogP contribution in [0.4, 0.5) is 5.69 Å². The highest BCUT2D eigenvalue weighted by Gasteiger charge is 2.09. The number of nitriles is 1. The molecule has 0 atom stereocenters. The Bertz CT molecular complexity index is 1180. The summed E-state index contributed by atoms with van der Waals surface area (Å²) in [6, 6.07) is 29.1. The Labute approximate surface area is 181 Å². The van der Waals surface area contributed by atoms with Gasteiger partial charge in [-0.25, -0.2) is 4.98 Å². The monoisotopic (exact) mass is 407 g/mol. The fraction of sp³-hybridized carbons (Fsp3) is 0.0769. The van der Waals surface area contributed by atoms with E-state index in [0.29, 0.717) is 10.6 Å². The predicted octanol–water partition coefficient (Wildman–Crippen LogP) is 7.02. The minimum absolute atomic E-state index is 0.520. The summed E-state index contributed by atoms with van der Waals surface area (Å²) >= 11 is 1.48. The average Bonchev–Trinajstić information content (AvgIpc) is 3.31. The highest BCUT2D eigenvalue weighted by Crippen LogP contribution is 2.28. The maximum atomic E-state index is 9.59. The van der Waals surface area contributed by atoms with Crippen molar-refractivity contribution in [3.63, 3.8) is 0 Å². The van der Waals surface area contributed by atoms with Gasteiger partial charge in [-0.15, -0.1) is 11.3 Å². The van der Waals surface area contributed by atoms with E-state index in [1.807, 2.05) is 35.7 Å². The smallest absolute Gasteiger partial charge is 0.136 e. The fourth-order valence-corrected chi connectivity index (χ4v) is 3.92. The maximum absolute atomic E-state index is 9.59. The van der Waals surface area contributed by atoms with Crippen molar-refractivity contribution in [2.45, 2.75) is 13.3 Å². The quantitative estimate of drug-likeness (QED) is 0.350. The van der Waals surface area contributed by atoms with Gasteiger partial charge in [-0.2, -0.15) is 5.26 Å². The van der Waals surface area contributed by atoms with Crippen molar-refractivity contribution in [1.82, 2.24) is 4.98 Å². The Kier molecular flexibility index (Phi) is 6.03. The Morgan fingerprint density at radius 1 is 0.933 bits per heavy atom. The van der Waals surface area contributed by atoms with Crippen molar-refractivity contribution in [2.24, 2.45) is 0 Å². The summed E-state index contributed by atoms with van der Waals surface area (Å²) in [4.78, 5) is 4.68.